The maximum Gasteiger partial charge on any atom is 0.319 e. The van der Waals surface area contributed by atoms with Crippen LogP contribution >= 0.6 is 0 Å². The number of fused-ring (bicyclic) bond motifs is 1. The number of nitriles is 1. The van der Waals surface area contributed by atoms with Crippen LogP contribution in [-0.2, 0) is 0 Å². The third kappa shape index (κ3) is 5.00. The van der Waals surface area contributed by atoms with E-state index in [1.807, 2.05) is 12.4 Å². The fourth-order valence-corrected chi connectivity index (χ4v) is 4.79. The number of ether oxygens (including phenoxy) is 1. The van der Waals surface area contributed by atoms with Crippen LogP contribution in [0, 0.1) is 28.6 Å². The highest BCUT2D eigenvalue weighted by Gasteiger charge is 2.44. The number of piperidine rings is 1. The molecule has 1 aromatic rings. The minimum absolute atomic E-state index is 0.101. The van der Waals surface area contributed by atoms with E-state index in [2.05, 4.69) is 42.6 Å². The molecule has 2 fully saturated rings. The summed E-state index contributed by atoms with van der Waals surface area (Å²) < 4.78 is 5.80. The molecule has 184 valence electrons. The summed E-state index contributed by atoms with van der Waals surface area (Å²) in [6.45, 7) is 3.35. The van der Waals surface area contributed by atoms with Crippen LogP contribution < -0.4 is 20.3 Å². The molecule has 1 amide bonds. The van der Waals surface area contributed by atoms with Gasteiger partial charge in [0.1, 0.15) is 24.0 Å². The summed E-state index contributed by atoms with van der Waals surface area (Å²) in [4.78, 5) is 28.4. The van der Waals surface area contributed by atoms with Crippen LogP contribution in [0.4, 0.5) is 5.82 Å². The SMILES string of the molecule is C[C@H](CO)NC(=O)c1cc(N2CCC(C3=CN=C4NC=CCC34)CC2)nc(OCC2(C#N)CC2)n1. The number of carbonyl (C=O) groups is 1. The molecular weight excluding hydrogens is 446 g/mol. The molecule has 0 radical (unpaired) electrons. The first-order valence-electron chi connectivity index (χ1n) is 12.3. The summed E-state index contributed by atoms with van der Waals surface area (Å²) in [5, 5.41) is 24.7. The Kier molecular flexibility index (Phi) is 6.43. The Hall–Kier alpha value is -3.45. The number of amidine groups is 1. The smallest absolute Gasteiger partial charge is 0.319 e. The van der Waals surface area contributed by atoms with Crippen molar-refractivity contribution in [2.45, 2.75) is 45.1 Å². The zero-order chi connectivity index (χ0) is 24.4. The van der Waals surface area contributed by atoms with Crippen molar-refractivity contribution in [1.82, 2.24) is 20.6 Å². The molecule has 0 bridgehead atoms. The summed E-state index contributed by atoms with van der Waals surface area (Å²) in [5.41, 5.74) is 1.11. The van der Waals surface area contributed by atoms with Gasteiger partial charge in [0.25, 0.3) is 5.91 Å². The lowest BCUT2D eigenvalue weighted by molar-refractivity contribution is 0.0915. The predicted octanol–water partition coefficient (Wildman–Crippen LogP) is 1.91. The van der Waals surface area contributed by atoms with Crippen molar-refractivity contribution in [3.8, 4) is 12.1 Å². The van der Waals surface area contributed by atoms with Crippen molar-refractivity contribution in [1.29, 1.82) is 5.26 Å². The molecule has 3 aliphatic heterocycles. The molecule has 1 saturated heterocycles. The highest BCUT2D eigenvalue weighted by atomic mass is 16.5. The predicted molar refractivity (Wildman–Crippen MR) is 130 cm³/mol. The van der Waals surface area contributed by atoms with Gasteiger partial charge in [-0.05, 0) is 56.7 Å². The Morgan fingerprint density at radius 2 is 2.20 bits per heavy atom. The number of nitrogens with zero attached hydrogens (tertiary/aromatic N) is 5. The number of aliphatic imine (C=N–C) groups is 1. The van der Waals surface area contributed by atoms with Crippen LogP contribution in [0.3, 0.4) is 0 Å². The maximum atomic E-state index is 12.8. The average Bonchev–Trinajstić information content (AvgIpc) is 3.56. The maximum absolute atomic E-state index is 12.8. The first kappa shape index (κ1) is 23.3. The fraction of sp³-hybridized carbons (Fsp3) is 0.560. The van der Waals surface area contributed by atoms with Crippen molar-refractivity contribution < 1.29 is 14.6 Å². The van der Waals surface area contributed by atoms with E-state index in [4.69, 9.17) is 4.74 Å². The van der Waals surface area contributed by atoms with E-state index < -0.39 is 17.4 Å². The number of hydrogen-bond donors (Lipinski definition) is 3. The zero-order valence-electron chi connectivity index (χ0n) is 19.9. The van der Waals surface area contributed by atoms with Gasteiger partial charge in [-0.2, -0.15) is 15.2 Å². The average molecular weight is 478 g/mol. The third-order valence-corrected chi connectivity index (χ3v) is 7.24. The second kappa shape index (κ2) is 9.66. The lowest BCUT2D eigenvalue weighted by Crippen LogP contribution is -2.38. The van der Waals surface area contributed by atoms with E-state index in [1.54, 1.807) is 13.0 Å². The van der Waals surface area contributed by atoms with E-state index >= 15 is 0 Å². The van der Waals surface area contributed by atoms with Gasteiger partial charge in [0.2, 0.25) is 0 Å². The summed E-state index contributed by atoms with van der Waals surface area (Å²) in [6, 6.07) is 3.68. The lowest BCUT2D eigenvalue weighted by atomic mass is 9.81. The number of aliphatic hydroxyl groups is 1. The molecule has 1 aliphatic carbocycles. The van der Waals surface area contributed by atoms with Crippen LogP contribution in [0.1, 0.15) is 49.5 Å². The number of allylic oxidation sites excluding steroid dienone is 1. The molecular formula is C25H31N7O3. The normalized spacial score (nSPS) is 23.3. The minimum Gasteiger partial charge on any atom is -0.462 e. The molecule has 1 aromatic heterocycles. The van der Waals surface area contributed by atoms with Crippen LogP contribution in [0.2, 0.25) is 0 Å². The van der Waals surface area contributed by atoms with Crippen molar-refractivity contribution in [2.24, 2.45) is 22.2 Å². The zero-order valence-corrected chi connectivity index (χ0v) is 19.9. The summed E-state index contributed by atoms with van der Waals surface area (Å²) in [5.74, 6) is 2.10. The highest BCUT2D eigenvalue weighted by Crippen LogP contribution is 2.45. The fourth-order valence-electron chi connectivity index (χ4n) is 4.79. The van der Waals surface area contributed by atoms with Crippen LogP contribution in [0.15, 0.2) is 35.1 Å². The molecule has 10 nitrogen and oxygen atoms in total. The topological polar surface area (TPSA) is 136 Å². The number of aromatic nitrogens is 2. The summed E-state index contributed by atoms with van der Waals surface area (Å²) >= 11 is 0. The summed E-state index contributed by atoms with van der Waals surface area (Å²) in [7, 11) is 0. The number of carbonyl (C=O) groups excluding carboxylic acids is 1. The van der Waals surface area contributed by atoms with E-state index in [1.165, 1.54) is 5.57 Å². The molecule has 4 aliphatic rings. The molecule has 0 spiro atoms. The second-order valence-electron chi connectivity index (χ2n) is 9.87. The van der Waals surface area contributed by atoms with Crippen molar-refractivity contribution in [3.05, 3.63) is 35.8 Å². The Morgan fingerprint density at radius 1 is 1.40 bits per heavy atom. The Balaban J connectivity index is 1.29. The number of anilines is 1. The van der Waals surface area contributed by atoms with Gasteiger partial charge in [-0.3, -0.25) is 4.79 Å². The quantitative estimate of drug-likeness (QED) is 0.517. The van der Waals surface area contributed by atoms with Crippen LogP contribution in [0.5, 0.6) is 6.01 Å². The van der Waals surface area contributed by atoms with Crippen molar-refractivity contribution >= 4 is 17.6 Å². The summed E-state index contributed by atoms with van der Waals surface area (Å²) in [6.07, 6.45) is 10.7. The Bertz CT molecular complexity index is 1110. The van der Waals surface area contributed by atoms with E-state index in [0.717, 1.165) is 51.0 Å². The molecule has 0 aromatic carbocycles. The molecule has 10 heteroatoms. The van der Waals surface area contributed by atoms with Crippen LogP contribution in [0.25, 0.3) is 0 Å². The van der Waals surface area contributed by atoms with E-state index in [-0.39, 0.29) is 24.9 Å². The van der Waals surface area contributed by atoms with E-state index in [0.29, 0.717) is 17.7 Å². The van der Waals surface area contributed by atoms with E-state index in [9.17, 15) is 15.2 Å². The number of hydrogen-bond acceptors (Lipinski definition) is 9. The standard InChI is InChI=1S/C25H31N7O3/c1-16(13-33)29-23(34)20-11-21(31-24(30-20)35-15-25(14-26)6-7-25)32-9-4-17(5-10-32)19-12-28-22-18(19)3-2-8-27-22/h2,8,11-12,16-18,33H,3-7,9-10,13,15H2,1H3,(H,27,28)(H,29,34)/t16-,18?/m1/s1. The third-order valence-electron chi connectivity index (χ3n) is 7.24. The largest absolute Gasteiger partial charge is 0.462 e. The van der Waals surface area contributed by atoms with Gasteiger partial charge in [0.15, 0.2) is 0 Å². The second-order valence-corrected chi connectivity index (χ2v) is 9.87. The Morgan fingerprint density at radius 3 is 2.91 bits per heavy atom. The molecule has 35 heavy (non-hydrogen) atoms. The molecule has 4 heterocycles. The monoisotopic (exact) mass is 477 g/mol. The number of amides is 1. The number of nitrogens with one attached hydrogen (secondary N) is 2. The van der Waals surface area contributed by atoms with Gasteiger partial charge >= 0.3 is 6.01 Å². The van der Waals surface area contributed by atoms with Crippen molar-refractivity contribution in [3.63, 3.8) is 0 Å². The van der Waals surface area contributed by atoms with Gasteiger partial charge in [0, 0.05) is 37.3 Å². The minimum atomic E-state index is -0.468. The van der Waals surface area contributed by atoms with Gasteiger partial charge < -0.3 is 25.4 Å². The highest BCUT2D eigenvalue weighted by molar-refractivity contribution is 5.93. The van der Waals surface area contributed by atoms with Gasteiger partial charge in [-0.15, -0.1) is 0 Å². The van der Waals surface area contributed by atoms with Gasteiger partial charge in [-0.25, -0.2) is 4.99 Å². The van der Waals surface area contributed by atoms with Crippen molar-refractivity contribution in [2.75, 3.05) is 31.2 Å². The first-order valence-corrected chi connectivity index (χ1v) is 12.3. The molecule has 1 unspecified atom stereocenters. The Labute approximate surface area is 204 Å². The lowest BCUT2D eigenvalue weighted by Gasteiger charge is -2.35. The first-order chi connectivity index (χ1) is 17.0. The number of rotatable bonds is 8. The van der Waals surface area contributed by atoms with Gasteiger partial charge in [-0.1, -0.05) is 6.08 Å². The molecule has 1 saturated carbocycles. The molecule has 3 N–H and O–H groups in total. The molecule has 5 rings (SSSR count). The molecule has 2 atom stereocenters. The number of aliphatic hydroxyl groups excluding tert-OH is 1. The van der Waals surface area contributed by atoms with Gasteiger partial charge in [0.05, 0.1) is 18.1 Å². The van der Waals surface area contributed by atoms with Crippen LogP contribution in [-0.4, -0.2) is 59.2 Å².